The monoisotopic (exact) mass is 420 g/mol. The highest BCUT2D eigenvalue weighted by molar-refractivity contribution is 6.35. The molecule has 0 radical (unpaired) electrons. The van der Waals surface area contributed by atoms with E-state index in [1.807, 2.05) is 19.9 Å². The van der Waals surface area contributed by atoms with Crippen molar-refractivity contribution in [3.05, 3.63) is 45.3 Å². The number of aliphatic imine (C=N–C) groups is 1. The van der Waals surface area contributed by atoms with E-state index in [2.05, 4.69) is 25.5 Å². The average molecular weight is 421 g/mol. The number of benzene rings is 1. The van der Waals surface area contributed by atoms with Gasteiger partial charge in [0, 0.05) is 23.2 Å². The third kappa shape index (κ3) is 6.55. The van der Waals surface area contributed by atoms with Crippen LogP contribution in [0.3, 0.4) is 0 Å². The number of rotatable bonds is 8. The number of hydrogen-bond donors (Lipinski definition) is 2. The number of aryl methyl sites for hydroxylation is 1. The number of halogens is 4. The fraction of sp³-hybridized carbons (Fsp3) is 0.412. The molecule has 10 heteroatoms. The standard InChI is InChI=1S/C17H20Cl2F2N4O2/c1-3-12-7-13(27-25-12)9-24-17(22-4-2)23-8-10-5-11(18)6-14(19)15(10)26-16(20)21/h5-7,16H,3-4,8-9H2,1-2H3,(H2,22,23,24). The number of alkyl halides is 2. The molecule has 0 amide bonds. The summed E-state index contributed by atoms with van der Waals surface area (Å²) in [6.07, 6.45) is 0.778. The fourth-order valence-corrected chi connectivity index (χ4v) is 2.81. The van der Waals surface area contributed by atoms with Crippen molar-refractivity contribution < 1.29 is 18.0 Å². The molecule has 2 rings (SSSR count). The van der Waals surface area contributed by atoms with Crippen molar-refractivity contribution in [3.63, 3.8) is 0 Å². The van der Waals surface area contributed by atoms with Crippen LogP contribution in [0.5, 0.6) is 5.75 Å². The Hall–Kier alpha value is -2.06. The molecule has 6 nitrogen and oxygen atoms in total. The molecule has 1 heterocycles. The number of hydrogen-bond acceptors (Lipinski definition) is 4. The van der Waals surface area contributed by atoms with Crippen LogP contribution in [-0.2, 0) is 19.5 Å². The molecule has 1 aromatic carbocycles. The second kappa shape index (κ2) is 10.3. The van der Waals surface area contributed by atoms with E-state index in [0.717, 1.165) is 12.1 Å². The first kappa shape index (κ1) is 21.2. The molecule has 0 bridgehead atoms. The number of nitrogens with zero attached hydrogens (tertiary/aromatic N) is 2. The number of nitrogens with one attached hydrogen (secondary N) is 2. The van der Waals surface area contributed by atoms with Crippen LogP contribution in [0.25, 0.3) is 0 Å². The summed E-state index contributed by atoms with van der Waals surface area (Å²) in [6.45, 7) is 1.90. The van der Waals surface area contributed by atoms with Crippen LogP contribution in [-0.4, -0.2) is 24.3 Å². The fourth-order valence-electron chi connectivity index (χ4n) is 2.23. The van der Waals surface area contributed by atoms with E-state index in [0.29, 0.717) is 35.4 Å². The van der Waals surface area contributed by atoms with Crippen molar-refractivity contribution >= 4 is 29.2 Å². The Kier molecular flexibility index (Phi) is 8.12. The van der Waals surface area contributed by atoms with Gasteiger partial charge in [-0.2, -0.15) is 8.78 Å². The Morgan fingerprint density at radius 3 is 2.67 bits per heavy atom. The number of aromatic nitrogens is 1. The third-order valence-electron chi connectivity index (χ3n) is 3.44. The van der Waals surface area contributed by atoms with E-state index < -0.39 is 6.61 Å². The molecule has 0 saturated carbocycles. The molecular weight excluding hydrogens is 401 g/mol. The molecule has 148 valence electrons. The lowest BCUT2D eigenvalue weighted by Gasteiger charge is -2.13. The maximum Gasteiger partial charge on any atom is 0.387 e. The van der Waals surface area contributed by atoms with Gasteiger partial charge in [0.05, 0.1) is 23.8 Å². The van der Waals surface area contributed by atoms with Crippen molar-refractivity contribution in [1.82, 2.24) is 15.8 Å². The first-order valence-electron chi connectivity index (χ1n) is 8.32. The Bertz CT molecular complexity index is 784. The lowest BCUT2D eigenvalue weighted by Crippen LogP contribution is -2.36. The minimum Gasteiger partial charge on any atom is -0.433 e. The maximum absolute atomic E-state index is 12.6. The van der Waals surface area contributed by atoms with Gasteiger partial charge in [-0.05, 0) is 25.5 Å². The average Bonchev–Trinajstić information content (AvgIpc) is 3.08. The zero-order valence-corrected chi connectivity index (χ0v) is 16.4. The smallest absolute Gasteiger partial charge is 0.387 e. The third-order valence-corrected chi connectivity index (χ3v) is 3.94. The highest BCUT2D eigenvalue weighted by atomic mass is 35.5. The predicted molar refractivity (Wildman–Crippen MR) is 101 cm³/mol. The van der Waals surface area contributed by atoms with Crippen molar-refractivity contribution in [1.29, 1.82) is 0 Å². The van der Waals surface area contributed by atoms with E-state index in [9.17, 15) is 8.78 Å². The van der Waals surface area contributed by atoms with Crippen LogP contribution in [0.15, 0.2) is 27.7 Å². The molecule has 0 aliphatic rings. The SMILES string of the molecule is CCNC(=NCc1cc(Cl)cc(Cl)c1OC(F)F)NCc1cc(CC)no1. The van der Waals surface area contributed by atoms with Crippen LogP contribution in [0.1, 0.15) is 30.9 Å². The quantitative estimate of drug-likeness (QED) is 0.489. The zero-order valence-electron chi connectivity index (χ0n) is 14.9. The van der Waals surface area contributed by atoms with Crippen molar-refractivity contribution in [2.75, 3.05) is 6.54 Å². The Morgan fingerprint density at radius 1 is 1.26 bits per heavy atom. The first-order valence-corrected chi connectivity index (χ1v) is 9.07. The molecular formula is C17H20Cl2F2N4O2. The van der Waals surface area contributed by atoms with E-state index in [4.69, 9.17) is 27.7 Å². The first-order chi connectivity index (χ1) is 12.9. The summed E-state index contributed by atoms with van der Waals surface area (Å²) in [5.74, 6) is 0.981. The van der Waals surface area contributed by atoms with Gasteiger partial charge in [0.2, 0.25) is 0 Å². The zero-order chi connectivity index (χ0) is 19.8. The molecule has 0 unspecified atom stereocenters. The van der Waals surface area contributed by atoms with Crippen molar-refractivity contribution in [3.8, 4) is 5.75 Å². The van der Waals surface area contributed by atoms with Crippen molar-refractivity contribution in [2.24, 2.45) is 4.99 Å². The highest BCUT2D eigenvalue weighted by Crippen LogP contribution is 2.34. The lowest BCUT2D eigenvalue weighted by molar-refractivity contribution is -0.0503. The van der Waals surface area contributed by atoms with Crippen LogP contribution in [0, 0.1) is 0 Å². The molecule has 0 saturated heterocycles. The second-order valence-electron chi connectivity index (χ2n) is 5.44. The summed E-state index contributed by atoms with van der Waals surface area (Å²) >= 11 is 11.9. The van der Waals surface area contributed by atoms with Gasteiger partial charge in [0.25, 0.3) is 0 Å². The Balaban J connectivity index is 2.13. The van der Waals surface area contributed by atoms with E-state index >= 15 is 0 Å². The molecule has 1 aromatic heterocycles. The maximum atomic E-state index is 12.6. The molecule has 0 spiro atoms. The van der Waals surface area contributed by atoms with Gasteiger partial charge < -0.3 is 19.9 Å². The van der Waals surface area contributed by atoms with Crippen LogP contribution in [0.4, 0.5) is 8.78 Å². The van der Waals surface area contributed by atoms with E-state index in [1.165, 1.54) is 12.1 Å². The molecule has 0 aliphatic heterocycles. The normalized spacial score (nSPS) is 11.7. The summed E-state index contributed by atoms with van der Waals surface area (Å²) in [7, 11) is 0. The van der Waals surface area contributed by atoms with Gasteiger partial charge in [-0.1, -0.05) is 35.3 Å². The highest BCUT2D eigenvalue weighted by Gasteiger charge is 2.15. The lowest BCUT2D eigenvalue weighted by atomic mass is 10.2. The minimum absolute atomic E-state index is 0.000264. The molecule has 0 fully saturated rings. The topological polar surface area (TPSA) is 71.7 Å². The Labute approximate surface area is 165 Å². The summed E-state index contributed by atoms with van der Waals surface area (Å²) in [6, 6.07) is 4.68. The predicted octanol–water partition coefficient (Wildman–Crippen LogP) is 4.40. The van der Waals surface area contributed by atoms with Gasteiger partial charge >= 0.3 is 6.61 Å². The van der Waals surface area contributed by atoms with Gasteiger partial charge in [-0.25, -0.2) is 4.99 Å². The van der Waals surface area contributed by atoms with Gasteiger partial charge in [0.1, 0.15) is 5.75 Å². The number of guanidine groups is 1. The largest absolute Gasteiger partial charge is 0.433 e. The molecule has 27 heavy (non-hydrogen) atoms. The van der Waals surface area contributed by atoms with Gasteiger partial charge in [-0.3, -0.25) is 0 Å². The van der Waals surface area contributed by atoms with Gasteiger partial charge in [-0.15, -0.1) is 0 Å². The van der Waals surface area contributed by atoms with Crippen LogP contribution < -0.4 is 15.4 Å². The van der Waals surface area contributed by atoms with Crippen LogP contribution >= 0.6 is 23.2 Å². The molecule has 2 N–H and O–H groups in total. The second-order valence-corrected chi connectivity index (χ2v) is 6.28. The summed E-state index contributed by atoms with van der Waals surface area (Å²) in [4.78, 5) is 4.37. The summed E-state index contributed by atoms with van der Waals surface area (Å²) < 4.78 is 35.0. The molecule has 0 atom stereocenters. The van der Waals surface area contributed by atoms with E-state index in [-0.39, 0.29) is 17.3 Å². The number of ether oxygens (including phenoxy) is 1. The molecule has 2 aromatic rings. The summed E-state index contributed by atoms with van der Waals surface area (Å²) in [5, 5.41) is 10.4. The Morgan fingerprint density at radius 2 is 2.04 bits per heavy atom. The van der Waals surface area contributed by atoms with Crippen LogP contribution in [0.2, 0.25) is 10.0 Å². The van der Waals surface area contributed by atoms with Crippen molar-refractivity contribution in [2.45, 2.75) is 40.0 Å². The summed E-state index contributed by atoms with van der Waals surface area (Å²) in [5.41, 5.74) is 1.20. The minimum atomic E-state index is -3.00. The molecule has 0 aliphatic carbocycles. The van der Waals surface area contributed by atoms with Gasteiger partial charge in [0.15, 0.2) is 11.7 Å². The van der Waals surface area contributed by atoms with E-state index in [1.54, 1.807) is 0 Å².